The first-order valence-electron chi connectivity index (χ1n) is 7.36. The number of ether oxygens (including phenoxy) is 2. The van der Waals surface area contributed by atoms with Gasteiger partial charge in [0.1, 0.15) is 0 Å². The van der Waals surface area contributed by atoms with E-state index in [9.17, 15) is 0 Å². The van der Waals surface area contributed by atoms with Gasteiger partial charge in [0.25, 0.3) is 0 Å². The molecule has 0 fully saturated rings. The van der Waals surface area contributed by atoms with E-state index in [-0.39, 0.29) is 0 Å². The van der Waals surface area contributed by atoms with Gasteiger partial charge in [-0.05, 0) is 45.4 Å². The van der Waals surface area contributed by atoms with Crippen LogP contribution in [-0.4, -0.2) is 24.3 Å². The summed E-state index contributed by atoms with van der Waals surface area (Å²) >= 11 is 0. The number of hydrogen-bond acceptors (Lipinski definition) is 3. The van der Waals surface area contributed by atoms with Crippen molar-refractivity contribution in [1.29, 1.82) is 0 Å². The molecule has 0 atom stereocenters. The Hall–Kier alpha value is -1.68. The summed E-state index contributed by atoms with van der Waals surface area (Å²) in [5.41, 5.74) is 8.17. The molecule has 0 aliphatic heterocycles. The van der Waals surface area contributed by atoms with Gasteiger partial charge in [-0.3, -0.25) is 0 Å². The second-order valence-electron chi connectivity index (χ2n) is 4.66. The Balaban J connectivity index is 2.60. The molecular weight excluding hydrogens is 252 g/mol. The highest BCUT2D eigenvalue weighted by Crippen LogP contribution is 2.35. The summed E-state index contributed by atoms with van der Waals surface area (Å²) in [5.74, 6) is 1.63. The molecule has 20 heavy (non-hydrogen) atoms. The molecule has 0 saturated carbocycles. The predicted octanol–water partition coefficient (Wildman–Crippen LogP) is 2.96. The highest BCUT2D eigenvalue weighted by molar-refractivity contribution is 5.87. The third-order valence-electron chi connectivity index (χ3n) is 3.38. The van der Waals surface area contributed by atoms with Crippen LogP contribution in [0.1, 0.15) is 26.3 Å². The lowest BCUT2D eigenvalue weighted by molar-refractivity contribution is 0.288. The number of nitrogens with two attached hydrogens (primary N) is 1. The minimum absolute atomic E-state index is 0.631. The monoisotopic (exact) mass is 276 g/mol. The molecule has 0 aliphatic carbocycles. The number of benzene rings is 1. The number of aromatic nitrogens is 1. The molecule has 2 aromatic rings. The van der Waals surface area contributed by atoms with Crippen LogP contribution in [0.5, 0.6) is 11.5 Å². The van der Waals surface area contributed by atoms with E-state index in [4.69, 9.17) is 15.2 Å². The number of nitrogens with zero attached hydrogens (tertiary/aromatic N) is 1. The van der Waals surface area contributed by atoms with Crippen LogP contribution in [0, 0.1) is 0 Å². The lowest BCUT2D eigenvalue weighted by Gasteiger charge is -2.12. The van der Waals surface area contributed by atoms with Crippen LogP contribution >= 0.6 is 0 Å². The highest BCUT2D eigenvalue weighted by atomic mass is 16.5. The summed E-state index contributed by atoms with van der Waals surface area (Å²) < 4.78 is 13.6. The average Bonchev–Trinajstić information content (AvgIpc) is 2.78. The predicted molar refractivity (Wildman–Crippen MR) is 82.7 cm³/mol. The first kappa shape index (κ1) is 14.7. The van der Waals surface area contributed by atoms with Crippen LogP contribution in [0.25, 0.3) is 10.9 Å². The quantitative estimate of drug-likeness (QED) is 0.846. The second-order valence-corrected chi connectivity index (χ2v) is 4.66. The standard InChI is InChI=1S/C16H24N2O2/c1-4-18-11-12(7-8-17)13-9-15(19-5-2)16(20-6-3)10-14(13)18/h9-11H,4-8,17H2,1-3H3. The zero-order valence-corrected chi connectivity index (χ0v) is 12.6. The molecule has 110 valence electrons. The molecule has 4 heteroatoms. The maximum Gasteiger partial charge on any atom is 0.163 e. The Bertz CT molecular complexity index is 575. The minimum Gasteiger partial charge on any atom is -0.490 e. The maximum atomic E-state index is 5.71. The number of aryl methyl sites for hydroxylation is 1. The Labute approximate surface area is 120 Å². The van der Waals surface area contributed by atoms with Crippen molar-refractivity contribution in [1.82, 2.24) is 4.57 Å². The molecule has 0 radical (unpaired) electrons. The zero-order chi connectivity index (χ0) is 14.5. The third-order valence-corrected chi connectivity index (χ3v) is 3.38. The summed E-state index contributed by atoms with van der Waals surface area (Å²) in [7, 11) is 0. The molecule has 0 aliphatic rings. The normalized spacial score (nSPS) is 11.0. The molecule has 0 saturated heterocycles. The lowest BCUT2D eigenvalue weighted by Crippen LogP contribution is -2.02. The molecule has 4 nitrogen and oxygen atoms in total. The van der Waals surface area contributed by atoms with Gasteiger partial charge in [0, 0.05) is 24.2 Å². The molecule has 1 aromatic heterocycles. The summed E-state index contributed by atoms with van der Waals surface area (Å²) in [5, 5.41) is 1.21. The summed E-state index contributed by atoms with van der Waals surface area (Å²) in [6, 6.07) is 4.16. The van der Waals surface area contributed by atoms with Crippen molar-refractivity contribution < 1.29 is 9.47 Å². The van der Waals surface area contributed by atoms with Gasteiger partial charge >= 0.3 is 0 Å². The molecule has 1 heterocycles. The van der Waals surface area contributed by atoms with Crippen molar-refractivity contribution >= 4 is 10.9 Å². The van der Waals surface area contributed by atoms with Gasteiger partial charge in [-0.25, -0.2) is 0 Å². The Morgan fingerprint density at radius 1 is 1.05 bits per heavy atom. The Morgan fingerprint density at radius 2 is 1.70 bits per heavy atom. The average molecular weight is 276 g/mol. The van der Waals surface area contributed by atoms with Crippen molar-refractivity contribution in [2.75, 3.05) is 19.8 Å². The van der Waals surface area contributed by atoms with Gasteiger partial charge in [-0.2, -0.15) is 0 Å². The minimum atomic E-state index is 0.631. The van der Waals surface area contributed by atoms with Crippen LogP contribution in [-0.2, 0) is 13.0 Å². The van der Waals surface area contributed by atoms with Gasteiger partial charge in [0.2, 0.25) is 0 Å². The van der Waals surface area contributed by atoms with Crippen molar-refractivity contribution in [3.05, 3.63) is 23.9 Å². The van der Waals surface area contributed by atoms with E-state index in [0.29, 0.717) is 19.8 Å². The van der Waals surface area contributed by atoms with E-state index in [1.807, 2.05) is 13.8 Å². The fourth-order valence-corrected chi connectivity index (χ4v) is 2.52. The van der Waals surface area contributed by atoms with Gasteiger partial charge in [0.15, 0.2) is 11.5 Å². The van der Waals surface area contributed by atoms with Crippen LogP contribution in [0.15, 0.2) is 18.3 Å². The molecule has 0 bridgehead atoms. The largest absolute Gasteiger partial charge is 0.490 e. The number of rotatable bonds is 7. The first-order chi connectivity index (χ1) is 9.74. The van der Waals surface area contributed by atoms with Crippen LogP contribution < -0.4 is 15.2 Å². The molecule has 1 aromatic carbocycles. The molecule has 0 amide bonds. The number of hydrogen-bond donors (Lipinski definition) is 1. The summed E-state index contributed by atoms with van der Waals surface area (Å²) in [4.78, 5) is 0. The van der Waals surface area contributed by atoms with E-state index >= 15 is 0 Å². The SMILES string of the molecule is CCOc1cc2c(CCN)cn(CC)c2cc1OCC. The molecule has 0 unspecified atom stereocenters. The zero-order valence-electron chi connectivity index (χ0n) is 12.6. The van der Waals surface area contributed by atoms with Crippen molar-refractivity contribution in [2.24, 2.45) is 5.73 Å². The summed E-state index contributed by atoms with van der Waals surface area (Å²) in [6.45, 7) is 8.96. The molecule has 2 N–H and O–H groups in total. The van der Waals surface area contributed by atoms with Gasteiger partial charge in [-0.1, -0.05) is 0 Å². The van der Waals surface area contributed by atoms with E-state index in [1.165, 1.54) is 16.5 Å². The molecular formula is C16H24N2O2. The van der Waals surface area contributed by atoms with E-state index in [2.05, 4.69) is 29.8 Å². The third kappa shape index (κ3) is 2.75. The highest BCUT2D eigenvalue weighted by Gasteiger charge is 2.13. The molecule has 0 spiro atoms. The second kappa shape index (κ2) is 6.66. The first-order valence-corrected chi connectivity index (χ1v) is 7.36. The summed E-state index contributed by atoms with van der Waals surface area (Å²) in [6.07, 6.45) is 3.06. The Morgan fingerprint density at radius 3 is 2.25 bits per heavy atom. The maximum absolute atomic E-state index is 5.71. The fourth-order valence-electron chi connectivity index (χ4n) is 2.52. The van der Waals surface area contributed by atoms with Crippen molar-refractivity contribution in [2.45, 2.75) is 33.7 Å². The van der Waals surface area contributed by atoms with Crippen molar-refractivity contribution in [3.63, 3.8) is 0 Å². The van der Waals surface area contributed by atoms with Crippen LogP contribution in [0.2, 0.25) is 0 Å². The smallest absolute Gasteiger partial charge is 0.163 e. The lowest BCUT2D eigenvalue weighted by atomic mass is 10.1. The van der Waals surface area contributed by atoms with Crippen molar-refractivity contribution in [3.8, 4) is 11.5 Å². The van der Waals surface area contributed by atoms with Crippen LogP contribution in [0.4, 0.5) is 0 Å². The van der Waals surface area contributed by atoms with E-state index in [1.54, 1.807) is 0 Å². The number of fused-ring (bicyclic) bond motifs is 1. The van der Waals surface area contributed by atoms with Gasteiger partial charge < -0.3 is 19.8 Å². The van der Waals surface area contributed by atoms with E-state index < -0.39 is 0 Å². The molecule has 2 rings (SSSR count). The fraction of sp³-hybridized carbons (Fsp3) is 0.500. The van der Waals surface area contributed by atoms with Gasteiger partial charge in [0.05, 0.1) is 18.7 Å². The topological polar surface area (TPSA) is 49.4 Å². The Kier molecular flexibility index (Phi) is 4.90. The van der Waals surface area contributed by atoms with Gasteiger partial charge in [-0.15, -0.1) is 0 Å². The van der Waals surface area contributed by atoms with Crippen LogP contribution in [0.3, 0.4) is 0 Å². The van der Waals surface area contributed by atoms with E-state index in [0.717, 1.165) is 24.5 Å².